The van der Waals surface area contributed by atoms with E-state index < -0.39 is 10.0 Å². The average Bonchev–Trinajstić information content (AvgIpc) is 3.53. The number of aromatic nitrogens is 3. The molecule has 1 amide bonds. The van der Waals surface area contributed by atoms with Crippen LogP contribution in [0.15, 0.2) is 94.6 Å². The maximum Gasteiger partial charge on any atom is 0.259 e. The number of fused-ring (bicyclic) bond motifs is 1. The molecule has 0 spiro atoms. The molecule has 0 radical (unpaired) electrons. The van der Waals surface area contributed by atoms with Gasteiger partial charge in [-0.3, -0.25) is 4.79 Å². The monoisotopic (exact) mass is 487 g/mol. The van der Waals surface area contributed by atoms with Crippen LogP contribution in [-0.4, -0.2) is 29.1 Å². The van der Waals surface area contributed by atoms with Crippen molar-refractivity contribution >= 4 is 32.5 Å². The number of nitrogens with zero attached hydrogens (tertiary/aromatic N) is 3. The van der Waals surface area contributed by atoms with Gasteiger partial charge in [-0.25, -0.2) is 22.8 Å². The summed E-state index contributed by atoms with van der Waals surface area (Å²) in [5.74, 6) is 0.755. The number of sulfonamides is 1. The molecule has 5 aromatic rings. The summed E-state index contributed by atoms with van der Waals surface area (Å²) in [5, 5.41) is 8.14. The maximum absolute atomic E-state index is 12.9. The minimum Gasteiger partial charge on any atom is -0.468 e. The van der Waals surface area contributed by atoms with Crippen molar-refractivity contribution < 1.29 is 17.6 Å². The zero-order chi connectivity index (χ0) is 24.4. The lowest BCUT2D eigenvalue weighted by Gasteiger charge is -2.09. The number of carbonyl (C=O) groups excluding carboxylic acids is 1. The second-order valence-electron chi connectivity index (χ2n) is 7.80. The first kappa shape index (κ1) is 22.5. The zero-order valence-electron chi connectivity index (χ0n) is 18.7. The molecule has 0 fully saturated rings. The summed E-state index contributed by atoms with van der Waals surface area (Å²) in [4.78, 5) is 17.6. The van der Waals surface area contributed by atoms with Crippen molar-refractivity contribution in [2.45, 2.75) is 18.4 Å². The van der Waals surface area contributed by atoms with Gasteiger partial charge in [0, 0.05) is 11.1 Å². The van der Waals surface area contributed by atoms with Crippen molar-refractivity contribution in [1.29, 1.82) is 0 Å². The van der Waals surface area contributed by atoms with Gasteiger partial charge in [-0.1, -0.05) is 18.2 Å². The van der Waals surface area contributed by atoms with Gasteiger partial charge in [-0.2, -0.15) is 5.10 Å². The van der Waals surface area contributed by atoms with E-state index >= 15 is 0 Å². The van der Waals surface area contributed by atoms with Gasteiger partial charge in [0.1, 0.15) is 5.76 Å². The lowest BCUT2D eigenvalue weighted by molar-refractivity contribution is 0.102. The third kappa shape index (κ3) is 4.70. The molecule has 9 nitrogen and oxygen atoms in total. The first-order chi connectivity index (χ1) is 16.9. The zero-order valence-corrected chi connectivity index (χ0v) is 19.5. The Morgan fingerprint density at radius 1 is 1.00 bits per heavy atom. The summed E-state index contributed by atoms with van der Waals surface area (Å²) in [5.41, 5.74) is 2.30. The molecular formula is C25H21N5O4S. The van der Waals surface area contributed by atoms with E-state index in [1.807, 2.05) is 36.4 Å². The van der Waals surface area contributed by atoms with Crippen LogP contribution in [-0.2, 0) is 16.6 Å². The van der Waals surface area contributed by atoms with Gasteiger partial charge >= 0.3 is 0 Å². The Hall–Kier alpha value is -4.28. The van der Waals surface area contributed by atoms with Crippen LogP contribution < -0.4 is 10.0 Å². The number of furan rings is 1. The fraction of sp³-hybridized carbons (Fsp3) is 0.0800. The molecule has 0 saturated carbocycles. The second-order valence-corrected chi connectivity index (χ2v) is 9.57. The second kappa shape index (κ2) is 9.16. The largest absolute Gasteiger partial charge is 0.468 e. The Labute approximate surface area is 201 Å². The van der Waals surface area contributed by atoms with Crippen molar-refractivity contribution in [2.24, 2.45) is 0 Å². The number of hydrogen-bond donors (Lipinski definition) is 2. The molecule has 3 heterocycles. The Kier molecular flexibility index (Phi) is 5.89. The topological polar surface area (TPSA) is 119 Å². The maximum atomic E-state index is 12.9. The summed E-state index contributed by atoms with van der Waals surface area (Å²) in [7, 11) is -3.73. The molecule has 10 heteroatoms. The number of amides is 1. The standard InChI is InChI=1S/C25H21N5O4S/c1-17-22(16-26-30(17)24-13-8-18-5-2-3-7-23(18)29-24)25(31)28-19-9-11-21(12-10-19)35(32,33)27-15-20-6-4-14-34-20/h2-14,16,27H,15H2,1H3,(H,28,31). The van der Waals surface area contributed by atoms with Crippen LogP contribution in [0.5, 0.6) is 0 Å². The molecule has 0 saturated heterocycles. The number of para-hydroxylation sites is 1. The Morgan fingerprint density at radius 3 is 2.57 bits per heavy atom. The average molecular weight is 488 g/mol. The molecule has 2 N–H and O–H groups in total. The Balaban J connectivity index is 1.29. The number of hydrogen-bond acceptors (Lipinski definition) is 6. The molecule has 35 heavy (non-hydrogen) atoms. The predicted octanol–water partition coefficient (Wildman–Crippen LogP) is 4.05. The van der Waals surface area contributed by atoms with Crippen LogP contribution in [0.2, 0.25) is 0 Å². The van der Waals surface area contributed by atoms with Crippen LogP contribution in [0.4, 0.5) is 5.69 Å². The Morgan fingerprint density at radius 2 is 1.80 bits per heavy atom. The molecule has 176 valence electrons. The summed E-state index contributed by atoms with van der Waals surface area (Å²) in [6, 6.07) is 20.9. The Bertz CT molecular complexity index is 1610. The van der Waals surface area contributed by atoms with Crippen molar-refractivity contribution in [2.75, 3.05) is 5.32 Å². The molecule has 3 aromatic heterocycles. The van der Waals surface area contributed by atoms with Gasteiger partial charge in [0.2, 0.25) is 10.0 Å². The highest BCUT2D eigenvalue weighted by atomic mass is 32.2. The van der Waals surface area contributed by atoms with Crippen LogP contribution in [0.1, 0.15) is 21.8 Å². The number of anilines is 1. The highest BCUT2D eigenvalue weighted by Crippen LogP contribution is 2.19. The fourth-order valence-corrected chi connectivity index (χ4v) is 4.61. The number of pyridine rings is 1. The summed E-state index contributed by atoms with van der Waals surface area (Å²) < 4.78 is 34.2. The smallest absolute Gasteiger partial charge is 0.259 e. The van der Waals surface area contributed by atoms with E-state index in [2.05, 4.69) is 20.1 Å². The van der Waals surface area contributed by atoms with E-state index in [4.69, 9.17) is 4.42 Å². The number of nitrogens with one attached hydrogen (secondary N) is 2. The van der Waals surface area contributed by atoms with Gasteiger partial charge in [-0.05, 0) is 61.5 Å². The highest BCUT2D eigenvalue weighted by molar-refractivity contribution is 7.89. The predicted molar refractivity (Wildman–Crippen MR) is 131 cm³/mol. The molecular weight excluding hydrogens is 466 g/mol. The van der Waals surface area contributed by atoms with E-state index in [1.54, 1.807) is 23.7 Å². The van der Waals surface area contributed by atoms with Crippen LogP contribution in [0.3, 0.4) is 0 Å². The molecule has 0 aliphatic rings. The van der Waals surface area contributed by atoms with Gasteiger partial charge in [0.05, 0.1) is 40.7 Å². The summed E-state index contributed by atoms with van der Waals surface area (Å²) >= 11 is 0. The van der Waals surface area contributed by atoms with Crippen LogP contribution in [0, 0.1) is 6.92 Å². The minimum atomic E-state index is -3.73. The molecule has 0 atom stereocenters. The number of benzene rings is 2. The van der Waals surface area contributed by atoms with E-state index in [1.165, 1.54) is 36.7 Å². The molecule has 0 unspecified atom stereocenters. The lowest BCUT2D eigenvalue weighted by Crippen LogP contribution is -2.23. The SMILES string of the molecule is Cc1c(C(=O)Nc2ccc(S(=O)(=O)NCc3ccco3)cc2)cnn1-c1ccc2ccccc2n1. The van der Waals surface area contributed by atoms with Crippen molar-refractivity contribution in [3.05, 3.63) is 102 Å². The lowest BCUT2D eigenvalue weighted by atomic mass is 10.2. The van der Waals surface area contributed by atoms with Crippen LogP contribution >= 0.6 is 0 Å². The third-order valence-corrected chi connectivity index (χ3v) is 6.91. The highest BCUT2D eigenvalue weighted by Gasteiger charge is 2.18. The van der Waals surface area contributed by atoms with Crippen molar-refractivity contribution in [3.63, 3.8) is 0 Å². The summed E-state index contributed by atoms with van der Waals surface area (Å²) in [6.07, 6.45) is 2.96. The first-order valence-corrected chi connectivity index (χ1v) is 12.2. The fourth-order valence-electron chi connectivity index (χ4n) is 3.62. The number of carbonyl (C=O) groups is 1. The molecule has 5 rings (SSSR count). The molecule has 0 bridgehead atoms. The quantitative estimate of drug-likeness (QED) is 0.357. The van der Waals surface area contributed by atoms with Crippen molar-refractivity contribution in [3.8, 4) is 5.82 Å². The van der Waals surface area contributed by atoms with Gasteiger partial charge in [0.25, 0.3) is 5.91 Å². The molecule has 0 aliphatic heterocycles. The van der Waals surface area contributed by atoms with E-state index in [0.717, 1.165) is 10.9 Å². The van der Waals surface area contributed by atoms with Crippen molar-refractivity contribution in [1.82, 2.24) is 19.5 Å². The van der Waals surface area contributed by atoms with E-state index in [-0.39, 0.29) is 17.3 Å². The van der Waals surface area contributed by atoms with Gasteiger partial charge < -0.3 is 9.73 Å². The first-order valence-electron chi connectivity index (χ1n) is 10.7. The minimum absolute atomic E-state index is 0.0448. The van der Waals surface area contributed by atoms with E-state index in [0.29, 0.717) is 28.5 Å². The van der Waals surface area contributed by atoms with Gasteiger partial charge in [0.15, 0.2) is 5.82 Å². The van der Waals surface area contributed by atoms with Gasteiger partial charge in [-0.15, -0.1) is 0 Å². The molecule has 0 aliphatic carbocycles. The third-order valence-electron chi connectivity index (χ3n) is 5.49. The summed E-state index contributed by atoms with van der Waals surface area (Å²) in [6.45, 7) is 1.84. The normalized spacial score (nSPS) is 11.6. The van der Waals surface area contributed by atoms with E-state index in [9.17, 15) is 13.2 Å². The number of rotatable bonds is 7. The molecule has 2 aromatic carbocycles. The van der Waals surface area contributed by atoms with Crippen LogP contribution in [0.25, 0.3) is 16.7 Å².